The molecular weight excluding hydrogens is 551 g/mol. The standard InChI is InChI=1S/C32H27FN6O4/c1-19-24(26-4-3-5-31(38-26)43-18-22-7-6-20(15-34)12-25(22)33)16-35-29(36-19)14-30-37-27-9-8-21(32(40)41-2)13-28(27)39(30)17-23-10-11-42-23/h3-9,12-13,16,23H,10-11,14,17-18H2,1-2H3/t23-/m0/s1. The lowest BCUT2D eigenvalue weighted by molar-refractivity contribution is -0.0589. The van der Waals surface area contributed by atoms with Crippen molar-refractivity contribution in [3.05, 3.63) is 101 Å². The van der Waals surface area contributed by atoms with Crippen LogP contribution in [0, 0.1) is 24.1 Å². The number of carbonyl (C=O) groups excluding carboxylic acids is 1. The van der Waals surface area contributed by atoms with Gasteiger partial charge in [-0.3, -0.25) is 0 Å². The number of imidazole rings is 1. The molecule has 1 saturated heterocycles. The summed E-state index contributed by atoms with van der Waals surface area (Å²) < 4.78 is 32.7. The third kappa shape index (κ3) is 5.91. The first-order valence-corrected chi connectivity index (χ1v) is 13.7. The number of pyridine rings is 1. The van der Waals surface area contributed by atoms with Gasteiger partial charge in [0.1, 0.15) is 24.1 Å². The number of ether oxygens (including phenoxy) is 3. The highest BCUT2D eigenvalue weighted by molar-refractivity contribution is 5.93. The Hall–Kier alpha value is -5.21. The zero-order valence-corrected chi connectivity index (χ0v) is 23.6. The fourth-order valence-corrected chi connectivity index (χ4v) is 4.91. The van der Waals surface area contributed by atoms with E-state index in [2.05, 4.69) is 14.5 Å². The average Bonchev–Trinajstić information content (AvgIpc) is 3.33. The van der Waals surface area contributed by atoms with Crippen LogP contribution in [0.2, 0.25) is 0 Å². The highest BCUT2D eigenvalue weighted by Crippen LogP contribution is 2.26. The molecule has 43 heavy (non-hydrogen) atoms. The first-order valence-electron chi connectivity index (χ1n) is 13.7. The third-order valence-corrected chi connectivity index (χ3v) is 7.33. The van der Waals surface area contributed by atoms with Crippen molar-refractivity contribution in [2.45, 2.75) is 39.0 Å². The second kappa shape index (κ2) is 12.0. The summed E-state index contributed by atoms with van der Waals surface area (Å²) in [7, 11) is 1.36. The Kier molecular flexibility index (Phi) is 7.77. The molecule has 2 aromatic carbocycles. The van der Waals surface area contributed by atoms with Crippen molar-refractivity contribution >= 4 is 17.0 Å². The van der Waals surface area contributed by atoms with Crippen LogP contribution in [0.25, 0.3) is 22.3 Å². The number of benzene rings is 2. The number of esters is 1. The van der Waals surface area contributed by atoms with E-state index < -0.39 is 11.8 Å². The van der Waals surface area contributed by atoms with Crippen molar-refractivity contribution in [1.29, 1.82) is 5.26 Å². The summed E-state index contributed by atoms with van der Waals surface area (Å²) in [5.41, 5.74) is 4.69. The van der Waals surface area contributed by atoms with E-state index in [4.69, 9.17) is 29.4 Å². The molecule has 4 heterocycles. The lowest BCUT2D eigenvalue weighted by atomic mass is 10.1. The molecule has 0 bridgehead atoms. The highest BCUT2D eigenvalue weighted by atomic mass is 19.1. The van der Waals surface area contributed by atoms with Gasteiger partial charge in [0.15, 0.2) is 0 Å². The Labute approximate surface area is 246 Å². The second-order valence-corrected chi connectivity index (χ2v) is 10.1. The predicted molar refractivity (Wildman–Crippen MR) is 154 cm³/mol. The van der Waals surface area contributed by atoms with E-state index in [9.17, 15) is 9.18 Å². The van der Waals surface area contributed by atoms with E-state index in [1.165, 1.54) is 19.2 Å². The minimum absolute atomic E-state index is 0.0313. The van der Waals surface area contributed by atoms with E-state index in [1.54, 1.807) is 36.5 Å². The SMILES string of the molecule is COC(=O)c1ccc2nc(Cc3ncc(-c4cccc(OCc5ccc(C#N)cc5F)n4)c(C)n3)n(C[C@@H]3CCO3)c2c1. The second-order valence-electron chi connectivity index (χ2n) is 10.1. The quantitative estimate of drug-likeness (QED) is 0.223. The molecule has 0 saturated carbocycles. The van der Waals surface area contributed by atoms with Gasteiger partial charge in [-0.1, -0.05) is 12.1 Å². The van der Waals surface area contributed by atoms with Crippen LogP contribution in [-0.2, 0) is 29.0 Å². The number of methoxy groups -OCH3 is 1. The molecule has 0 N–H and O–H groups in total. The van der Waals surface area contributed by atoms with Gasteiger partial charge in [-0.25, -0.2) is 29.1 Å². The number of hydrogen-bond donors (Lipinski definition) is 0. The van der Waals surface area contributed by atoms with E-state index in [1.807, 2.05) is 25.1 Å². The maximum absolute atomic E-state index is 14.3. The summed E-state index contributed by atoms with van der Waals surface area (Å²) in [6, 6.07) is 16.8. The van der Waals surface area contributed by atoms with Gasteiger partial charge < -0.3 is 18.8 Å². The zero-order chi connectivity index (χ0) is 29.9. The number of nitriles is 1. The van der Waals surface area contributed by atoms with Crippen molar-refractivity contribution in [2.75, 3.05) is 13.7 Å². The topological polar surface area (TPSA) is 125 Å². The van der Waals surface area contributed by atoms with Crippen LogP contribution in [0.3, 0.4) is 0 Å². The van der Waals surface area contributed by atoms with Crippen LogP contribution in [-0.4, -0.2) is 50.3 Å². The normalized spacial score (nSPS) is 14.2. The molecule has 0 unspecified atom stereocenters. The van der Waals surface area contributed by atoms with E-state index in [-0.39, 0.29) is 18.3 Å². The minimum Gasteiger partial charge on any atom is -0.473 e. The van der Waals surface area contributed by atoms with Crippen molar-refractivity contribution < 1.29 is 23.4 Å². The Morgan fingerprint density at radius 2 is 2.02 bits per heavy atom. The number of hydrogen-bond acceptors (Lipinski definition) is 9. The van der Waals surface area contributed by atoms with Gasteiger partial charge in [0, 0.05) is 30.0 Å². The molecule has 1 aliphatic heterocycles. The van der Waals surface area contributed by atoms with E-state index >= 15 is 0 Å². The molecule has 1 aliphatic rings. The van der Waals surface area contributed by atoms with Gasteiger partial charge in [0.25, 0.3) is 0 Å². The zero-order valence-electron chi connectivity index (χ0n) is 23.6. The summed E-state index contributed by atoms with van der Waals surface area (Å²) in [5, 5.41) is 8.94. The monoisotopic (exact) mass is 578 g/mol. The maximum atomic E-state index is 14.3. The Balaban J connectivity index is 1.23. The van der Waals surface area contributed by atoms with Crippen LogP contribution in [0.15, 0.2) is 60.8 Å². The summed E-state index contributed by atoms with van der Waals surface area (Å²) >= 11 is 0. The number of aromatic nitrogens is 5. The third-order valence-electron chi connectivity index (χ3n) is 7.33. The molecule has 5 aromatic rings. The summed E-state index contributed by atoms with van der Waals surface area (Å²) in [5.74, 6) is 0.762. The molecule has 0 aliphatic carbocycles. The lowest BCUT2D eigenvalue weighted by Crippen LogP contribution is -2.31. The van der Waals surface area contributed by atoms with Gasteiger partial charge in [-0.05, 0) is 49.7 Å². The average molecular weight is 579 g/mol. The number of fused-ring (bicyclic) bond motifs is 1. The largest absolute Gasteiger partial charge is 0.473 e. The van der Waals surface area contributed by atoms with Crippen LogP contribution >= 0.6 is 0 Å². The smallest absolute Gasteiger partial charge is 0.337 e. The summed E-state index contributed by atoms with van der Waals surface area (Å²) in [6.07, 6.45) is 3.14. The van der Waals surface area contributed by atoms with Crippen molar-refractivity contribution in [2.24, 2.45) is 0 Å². The van der Waals surface area contributed by atoms with Crippen LogP contribution in [0.5, 0.6) is 5.88 Å². The van der Waals surface area contributed by atoms with Crippen molar-refractivity contribution in [1.82, 2.24) is 24.5 Å². The molecule has 0 spiro atoms. The number of rotatable bonds is 9. The lowest BCUT2D eigenvalue weighted by Gasteiger charge is -2.27. The van der Waals surface area contributed by atoms with E-state index in [0.717, 1.165) is 41.1 Å². The van der Waals surface area contributed by atoms with Gasteiger partial charge >= 0.3 is 5.97 Å². The molecule has 0 amide bonds. The highest BCUT2D eigenvalue weighted by Gasteiger charge is 2.23. The van der Waals surface area contributed by atoms with Crippen molar-refractivity contribution in [3.63, 3.8) is 0 Å². The Morgan fingerprint density at radius 1 is 1.16 bits per heavy atom. The number of aryl methyl sites for hydroxylation is 1. The predicted octanol–water partition coefficient (Wildman–Crippen LogP) is 4.95. The molecule has 1 fully saturated rings. The van der Waals surface area contributed by atoms with Gasteiger partial charge in [-0.15, -0.1) is 0 Å². The fourth-order valence-electron chi connectivity index (χ4n) is 4.91. The molecule has 6 rings (SSSR count). The first kappa shape index (κ1) is 27.9. The Bertz CT molecular complexity index is 1880. The molecule has 216 valence electrons. The fraction of sp³-hybridized carbons (Fsp3) is 0.250. The molecule has 1 atom stereocenters. The van der Waals surface area contributed by atoms with E-state index in [0.29, 0.717) is 41.5 Å². The summed E-state index contributed by atoms with van der Waals surface area (Å²) in [4.78, 5) is 30.9. The van der Waals surface area contributed by atoms with Gasteiger partial charge in [0.05, 0.1) is 65.8 Å². The van der Waals surface area contributed by atoms with Crippen molar-refractivity contribution in [3.8, 4) is 23.2 Å². The first-order chi connectivity index (χ1) is 20.9. The maximum Gasteiger partial charge on any atom is 0.337 e. The molecule has 0 radical (unpaired) electrons. The molecular formula is C32H27FN6O4. The van der Waals surface area contributed by atoms with Gasteiger partial charge in [0.2, 0.25) is 5.88 Å². The van der Waals surface area contributed by atoms with Crippen LogP contribution < -0.4 is 4.74 Å². The van der Waals surface area contributed by atoms with Gasteiger partial charge in [-0.2, -0.15) is 5.26 Å². The molecule has 10 nitrogen and oxygen atoms in total. The minimum atomic E-state index is -0.507. The molecule has 3 aromatic heterocycles. The number of carbonyl (C=O) groups is 1. The van der Waals surface area contributed by atoms with Crippen LogP contribution in [0.4, 0.5) is 4.39 Å². The Morgan fingerprint density at radius 3 is 2.74 bits per heavy atom. The molecule has 11 heteroatoms. The number of nitrogens with zero attached hydrogens (tertiary/aromatic N) is 6. The van der Waals surface area contributed by atoms with Crippen LogP contribution in [0.1, 0.15) is 45.2 Å². The summed E-state index contributed by atoms with van der Waals surface area (Å²) in [6.45, 7) is 3.19. The number of halogens is 1.